The molecule has 1 atom stereocenters. The Balaban J connectivity index is 2.21. The molecule has 0 bridgehead atoms. The number of hydrogen-bond acceptors (Lipinski definition) is 4. The Hall–Kier alpha value is -1.95. The van der Waals surface area contributed by atoms with Gasteiger partial charge in [0.2, 0.25) is 5.91 Å². The number of benzene rings is 1. The van der Waals surface area contributed by atoms with Gasteiger partial charge in [-0.3, -0.25) is 9.36 Å². The second-order valence-corrected chi connectivity index (χ2v) is 5.46. The summed E-state index contributed by atoms with van der Waals surface area (Å²) >= 11 is 1.42. The maximum absolute atomic E-state index is 11.6. The van der Waals surface area contributed by atoms with Crippen LogP contribution in [0.15, 0.2) is 41.8 Å². The summed E-state index contributed by atoms with van der Waals surface area (Å²) in [6.45, 7) is 1.86. The zero-order valence-electron chi connectivity index (χ0n) is 11.7. The zero-order valence-corrected chi connectivity index (χ0v) is 12.5. The Morgan fingerprint density at radius 3 is 2.70 bits per heavy atom. The van der Waals surface area contributed by atoms with Crippen molar-refractivity contribution in [2.75, 3.05) is 14.2 Å². The number of amides is 1. The number of carbonyl (C=O) groups excluding carboxylic acids is 1. The maximum Gasteiger partial charge on any atom is 0.233 e. The molecule has 0 saturated heterocycles. The number of nitrogens with one attached hydrogen (secondary N) is 1. The number of thioether (sulfide) groups is 1. The summed E-state index contributed by atoms with van der Waals surface area (Å²) in [6, 6.07) is 7.70. The highest BCUT2D eigenvalue weighted by molar-refractivity contribution is 8.00. The van der Waals surface area contributed by atoms with E-state index in [1.165, 1.54) is 11.8 Å². The van der Waals surface area contributed by atoms with Crippen molar-refractivity contribution in [2.45, 2.75) is 17.3 Å². The minimum Gasteiger partial charge on any atom is -0.497 e. The van der Waals surface area contributed by atoms with Gasteiger partial charge in [-0.15, -0.1) is 0 Å². The molecule has 1 N–H and O–H groups in total. The van der Waals surface area contributed by atoms with Gasteiger partial charge in [0.15, 0.2) is 5.16 Å². The van der Waals surface area contributed by atoms with Gasteiger partial charge in [-0.1, -0.05) is 11.8 Å². The number of hydrogen-bond donors (Lipinski definition) is 1. The minimum absolute atomic E-state index is 0.0146. The summed E-state index contributed by atoms with van der Waals surface area (Å²) in [6.07, 6.45) is 3.60. The van der Waals surface area contributed by atoms with Gasteiger partial charge in [0.05, 0.1) is 12.4 Å². The van der Waals surface area contributed by atoms with Crippen LogP contribution in [-0.2, 0) is 4.79 Å². The third-order valence-corrected chi connectivity index (χ3v) is 3.94. The first-order chi connectivity index (χ1) is 9.65. The molecule has 2 rings (SSSR count). The molecule has 6 heteroatoms. The summed E-state index contributed by atoms with van der Waals surface area (Å²) in [5.74, 6) is 0.793. The molecule has 0 aliphatic carbocycles. The monoisotopic (exact) mass is 291 g/mol. The third kappa shape index (κ3) is 3.14. The van der Waals surface area contributed by atoms with E-state index in [9.17, 15) is 4.79 Å². The summed E-state index contributed by atoms with van der Waals surface area (Å²) in [5, 5.41) is 3.23. The largest absolute Gasteiger partial charge is 0.497 e. The van der Waals surface area contributed by atoms with E-state index in [4.69, 9.17) is 4.74 Å². The van der Waals surface area contributed by atoms with E-state index in [1.807, 2.05) is 42.0 Å². The van der Waals surface area contributed by atoms with Gasteiger partial charge in [0.25, 0.3) is 0 Å². The normalized spacial score (nSPS) is 11.9. The smallest absolute Gasteiger partial charge is 0.233 e. The van der Waals surface area contributed by atoms with Crippen molar-refractivity contribution >= 4 is 17.7 Å². The van der Waals surface area contributed by atoms with E-state index in [1.54, 1.807) is 20.4 Å². The lowest BCUT2D eigenvalue weighted by atomic mass is 10.3. The molecule has 2 aromatic rings. The number of methoxy groups -OCH3 is 1. The Morgan fingerprint density at radius 2 is 2.10 bits per heavy atom. The Kier molecular flexibility index (Phi) is 4.68. The van der Waals surface area contributed by atoms with Crippen LogP contribution in [0.1, 0.15) is 6.92 Å². The summed E-state index contributed by atoms with van der Waals surface area (Å²) < 4.78 is 7.09. The maximum atomic E-state index is 11.6. The molecule has 5 nitrogen and oxygen atoms in total. The van der Waals surface area contributed by atoms with Crippen LogP contribution >= 0.6 is 11.8 Å². The molecule has 0 aliphatic rings. The van der Waals surface area contributed by atoms with Crippen LogP contribution in [-0.4, -0.2) is 34.9 Å². The first-order valence-electron chi connectivity index (χ1n) is 6.21. The highest BCUT2D eigenvalue weighted by Gasteiger charge is 2.16. The number of ether oxygens (including phenoxy) is 1. The van der Waals surface area contributed by atoms with Gasteiger partial charge in [0.1, 0.15) is 5.75 Å². The fourth-order valence-electron chi connectivity index (χ4n) is 1.73. The van der Waals surface area contributed by atoms with Crippen LogP contribution < -0.4 is 10.1 Å². The Bertz CT molecular complexity index is 580. The van der Waals surface area contributed by atoms with Gasteiger partial charge >= 0.3 is 0 Å². The van der Waals surface area contributed by atoms with Gasteiger partial charge < -0.3 is 10.1 Å². The van der Waals surface area contributed by atoms with Gasteiger partial charge in [-0.25, -0.2) is 4.98 Å². The predicted molar refractivity (Wildman–Crippen MR) is 79.5 cm³/mol. The molecule has 0 saturated carbocycles. The molecular formula is C14H17N3O2S. The molecule has 1 aromatic heterocycles. The van der Waals surface area contributed by atoms with Crippen LogP contribution in [0.3, 0.4) is 0 Å². The van der Waals surface area contributed by atoms with E-state index >= 15 is 0 Å². The minimum atomic E-state index is -0.195. The fraction of sp³-hybridized carbons (Fsp3) is 0.286. The Morgan fingerprint density at radius 1 is 1.40 bits per heavy atom. The van der Waals surface area contributed by atoms with Crippen LogP contribution in [0, 0.1) is 0 Å². The lowest BCUT2D eigenvalue weighted by Crippen LogP contribution is -2.27. The SMILES string of the molecule is CNC(=O)C(C)Sc1nccn1-c1ccc(OC)cc1. The predicted octanol–water partition coefficient (Wildman–Crippen LogP) is 2.11. The quantitative estimate of drug-likeness (QED) is 0.857. The molecular weight excluding hydrogens is 274 g/mol. The number of nitrogens with zero attached hydrogens (tertiary/aromatic N) is 2. The van der Waals surface area contributed by atoms with Crippen LogP contribution in [0.5, 0.6) is 5.75 Å². The average molecular weight is 291 g/mol. The van der Waals surface area contributed by atoms with Crippen molar-refractivity contribution in [2.24, 2.45) is 0 Å². The molecule has 0 fully saturated rings. The van der Waals surface area contributed by atoms with Gasteiger partial charge in [0, 0.05) is 25.1 Å². The first-order valence-corrected chi connectivity index (χ1v) is 7.09. The lowest BCUT2D eigenvalue weighted by molar-refractivity contribution is -0.119. The number of imidazole rings is 1. The molecule has 1 aromatic carbocycles. The molecule has 0 spiro atoms. The third-order valence-electron chi connectivity index (χ3n) is 2.86. The highest BCUT2D eigenvalue weighted by Crippen LogP contribution is 2.25. The molecule has 1 amide bonds. The number of aromatic nitrogens is 2. The molecule has 0 aliphatic heterocycles. The van der Waals surface area contributed by atoms with Crippen molar-refractivity contribution in [1.82, 2.24) is 14.9 Å². The van der Waals surface area contributed by atoms with Crippen molar-refractivity contribution in [3.63, 3.8) is 0 Å². The summed E-state index contributed by atoms with van der Waals surface area (Å²) in [4.78, 5) is 15.9. The van der Waals surface area contributed by atoms with Crippen LogP contribution in [0.2, 0.25) is 0 Å². The van der Waals surface area contributed by atoms with Gasteiger partial charge in [-0.05, 0) is 31.2 Å². The van der Waals surface area contributed by atoms with E-state index in [-0.39, 0.29) is 11.2 Å². The Labute approximate surface area is 122 Å². The van der Waals surface area contributed by atoms with E-state index < -0.39 is 0 Å². The van der Waals surface area contributed by atoms with Gasteiger partial charge in [-0.2, -0.15) is 0 Å². The van der Waals surface area contributed by atoms with E-state index in [0.29, 0.717) is 0 Å². The first kappa shape index (κ1) is 14.5. The summed E-state index contributed by atoms with van der Waals surface area (Å²) in [7, 11) is 3.27. The van der Waals surface area contributed by atoms with Crippen molar-refractivity contribution in [1.29, 1.82) is 0 Å². The molecule has 106 valence electrons. The molecule has 1 heterocycles. The van der Waals surface area contributed by atoms with E-state index in [2.05, 4.69) is 10.3 Å². The fourth-order valence-corrected chi connectivity index (χ4v) is 2.67. The van der Waals surface area contributed by atoms with E-state index in [0.717, 1.165) is 16.6 Å². The standard InChI is InChI=1S/C14H17N3O2S/c1-10(13(18)15-2)20-14-16-8-9-17(14)11-4-6-12(19-3)7-5-11/h4-10H,1-3H3,(H,15,18). The zero-order chi connectivity index (χ0) is 14.5. The topological polar surface area (TPSA) is 56.2 Å². The number of rotatable bonds is 5. The summed E-state index contributed by atoms with van der Waals surface area (Å²) in [5.41, 5.74) is 0.981. The van der Waals surface area contributed by atoms with Crippen LogP contribution in [0.4, 0.5) is 0 Å². The second kappa shape index (κ2) is 6.47. The second-order valence-electron chi connectivity index (χ2n) is 4.15. The van der Waals surface area contributed by atoms with Crippen molar-refractivity contribution in [3.8, 4) is 11.4 Å². The molecule has 20 heavy (non-hydrogen) atoms. The molecule has 1 unspecified atom stereocenters. The van der Waals surface area contributed by atoms with Crippen molar-refractivity contribution < 1.29 is 9.53 Å². The lowest BCUT2D eigenvalue weighted by Gasteiger charge is -2.11. The highest BCUT2D eigenvalue weighted by atomic mass is 32.2. The number of carbonyl (C=O) groups is 1. The van der Waals surface area contributed by atoms with Crippen LogP contribution in [0.25, 0.3) is 5.69 Å². The van der Waals surface area contributed by atoms with Crippen molar-refractivity contribution in [3.05, 3.63) is 36.7 Å². The average Bonchev–Trinajstić information content (AvgIpc) is 2.94. The molecule has 0 radical (unpaired) electrons.